The number of hydrogen-bond acceptors (Lipinski definition) is 1. The number of hydrogen-bond donors (Lipinski definition) is 1. The maximum Gasteiger partial charge on any atom is 0.118 e. The van der Waals surface area contributed by atoms with Gasteiger partial charge in [0, 0.05) is 25.8 Å². The van der Waals surface area contributed by atoms with Crippen molar-refractivity contribution >= 4 is 0 Å². The van der Waals surface area contributed by atoms with Gasteiger partial charge in [-0.05, 0) is 31.0 Å². The summed E-state index contributed by atoms with van der Waals surface area (Å²) in [6, 6.07) is 5.65. The van der Waals surface area contributed by atoms with Crippen LogP contribution in [0.2, 0.25) is 0 Å². The van der Waals surface area contributed by atoms with Crippen molar-refractivity contribution in [2.24, 2.45) is 0 Å². The van der Waals surface area contributed by atoms with Gasteiger partial charge in [-0.1, -0.05) is 25.5 Å². The van der Waals surface area contributed by atoms with Crippen LogP contribution in [0.3, 0.4) is 0 Å². The van der Waals surface area contributed by atoms with E-state index in [1.165, 1.54) is 6.42 Å². The summed E-state index contributed by atoms with van der Waals surface area (Å²) < 4.78 is 0. The van der Waals surface area contributed by atoms with Gasteiger partial charge in [0.25, 0.3) is 0 Å². The summed E-state index contributed by atoms with van der Waals surface area (Å²) in [7, 11) is 0. The topological polar surface area (TPSA) is 20.2 Å². The zero-order valence-electron chi connectivity index (χ0n) is 9.38. The Hall–Kier alpha value is -0.110. The summed E-state index contributed by atoms with van der Waals surface area (Å²) in [6.45, 7) is 9.56. The average Bonchev–Trinajstić information content (AvgIpc) is 2.12. The SMILES string of the molecule is Cc1ccc(C)c(O)c1.[CH2-]CCC.[Sc]. The molecule has 0 saturated carbocycles. The summed E-state index contributed by atoms with van der Waals surface area (Å²) in [4.78, 5) is 0. The molecule has 0 unspecified atom stereocenters. The molecule has 0 bridgehead atoms. The first-order valence-electron chi connectivity index (χ1n) is 4.67. The fourth-order valence-corrected chi connectivity index (χ4v) is 0.719. The Morgan fingerprint density at radius 3 is 2.07 bits per heavy atom. The number of phenolic OH excluding ortho intramolecular Hbond substituents is 1. The van der Waals surface area contributed by atoms with Crippen molar-refractivity contribution in [3.05, 3.63) is 36.2 Å². The van der Waals surface area contributed by atoms with Gasteiger partial charge in [0.15, 0.2) is 0 Å². The van der Waals surface area contributed by atoms with E-state index in [0.29, 0.717) is 5.75 Å². The molecule has 0 aromatic heterocycles. The van der Waals surface area contributed by atoms with Crippen LogP contribution in [-0.2, 0) is 25.8 Å². The van der Waals surface area contributed by atoms with Crippen LogP contribution in [0.5, 0.6) is 5.75 Å². The van der Waals surface area contributed by atoms with E-state index in [0.717, 1.165) is 17.5 Å². The van der Waals surface area contributed by atoms with Crippen LogP contribution in [0.25, 0.3) is 0 Å². The molecule has 77 valence electrons. The van der Waals surface area contributed by atoms with Crippen molar-refractivity contribution in [3.8, 4) is 5.75 Å². The van der Waals surface area contributed by atoms with Crippen LogP contribution < -0.4 is 0 Å². The van der Waals surface area contributed by atoms with E-state index in [-0.39, 0.29) is 25.8 Å². The molecule has 1 aromatic rings. The third-order valence-corrected chi connectivity index (χ3v) is 1.72. The second-order valence-electron chi connectivity index (χ2n) is 3.14. The van der Waals surface area contributed by atoms with Gasteiger partial charge in [0.1, 0.15) is 5.75 Å². The van der Waals surface area contributed by atoms with Gasteiger partial charge in [0.05, 0.1) is 0 Å². The van der Waals surface area contributed by atoms with Crippen LogP contribution >= 0.6 is 0 Å². The minimum atomic E-state index is 0. The largest absolute Gasteiger partial charge is 0.508 e. The molecule has 0 aliphatic carbocycles. The van der Waals surface area contributed by atoms with Crippen molar-refractivity contribution in [3.63, 3.8) is 0 Å². The molecule has 1 rings (SSSR count). The van der Waals surface area contributed by atoms with E-state index in [4.69, 9.17) is 5.11 Å². The van der Waals surface area contributed by atoms with E-state index in [9.17, 15) is 0 Å². The summed E-state index contributed by atoms with van der Waals surface area (Å²) >= 11 is 0. The quantitative estimate of drug-likeness (QED) is 0.722. The van der Waals surface area contributed by atoms with Crippen LogP contribution in [0.4, 0.5) is 0 Å². The van der Waals surface area contributed by atoms with Crippen molar-refractivity contribution in [2.75, 3.05) is 0 Å². The molecule has 0 spiro atoms. The molecule has 0 amide bonds. The first-order chi connectivity index (χ1) is 6.11. The van der Waals surface area contributed by atoms with Gasteiger partial charge in [0.2, 0.25) is 0 Å². The molecule has 0 fully saturated rings. The molecule has 1 aromatic carbocycles. The fourth-order valence-electron chi connectivity index (χ4n) is 0.719. The van der Waals surface area contributed by atoms with E-state index in [2.05, 4.69) is 13.8 Å². The number of aryl methyl sites for hydroxylation is 2. The monoisotopic (exact) mass is 224 g/mol. The van der Waals surface area contributed by atoms with Crippen molar-refractivity contribution in [1.82, 2.24) is 0 Å². The number of rotatable bonds is 1. The normalized spacial score (nSPS) is 8.29. The Kier molecular flexibility index (Phi) is 11.0. The third-order valence-electron chi connectivity index (χ3n) is 1.72. The van der Waals surface area contributed by atoms with Gasteiger partial charge < -0.3 is 12.0 Å². The fraction of sp³-hybridized carbons (Fsp3) is 0.417. The molecule has 0 saturated heterocycles. The molecule has 2 heteroatoms. The molecule has 0 aliphatic rings. The van der Waals surface area contributed by atoms with Crippen LogP contribution in [-0.4, -0.2) is 5.11 Å². The smallest absolute Gasteiger partial charge is 0.118 e. The van der Waals surface area contributed by atoms with Gasteiger partial charge in [-0.2, -0.15) is 6.42 Å². The van der Waals surface area contributed by atoms with Crippen molar-refractivity contribution < 1.29 is 30.9 Å². The molecule has 0 atom stereocenters. The molecule has 0 heterocycles. The predicted molar refractivity (Wildman–Crippen MR) is 57.8 cm³/mol. The average molecular weight is 224 g/mol. The zero-order valence-corrected chi connectivity index (χ0v) is 11.2. The molecule has 1 radical (unpaired) electrons. The van der Waals surface area contributed by atoms with Crippen LogP contribution in [0.15, 0.2) is 18.2 Å². The molecular formula is C12H19OSc-. The standard InChI is InChI=1S/C8H10O.C4H9.Sc/c1-6-3-4-7(2)8(9)5-6;1-3-4-2;/h3-5,9H,1-2H3;1,3-4H2,2H3;/q;-1;. The first kappa shape index (κ1) is 16.3. The Labute approximate surface area is 106 Å². The van der Waals surface area contributed by atoms with Crippen LogP contribution in [0, 0.1) is 20.8 Å². The van der Waals surface area contributed by atoms with Crippen molar-refractivity contribution in [1.29, 1.82) is 0 Å². The van der Waals surface area contributed by atoms with E-state index >= 15 is 0 Å². The molecule has 1 nitrogen and oxygen atoms in total. The Morgan fingerprint density at radius 2 is 1.79 bits per heavy atom. The maximum atomic E-state index is 9.10. The summed E-state index contributed by atoms with van der Waals surface area (Å²) in [5.74, 6) is 0.384. The number of phenols is 1. The number of unbranched alkanes of at least 4 members (excludes halogenated alkanes) is 1. The summed E-state index contributed by atoms with van der Waals surface area (Å²) in [6.07, 6.45) is 2.28. The molecule has 1 N–H and O–H groups in total. The maximum absolute atomic E-state index is 9.10. The zero-order chi connectivity index (χ0) is 10.3. The van der Waals surface area contributed by atoms with E-state index in [1.807, 2.05) is 26.0 Å². The van der Waals surface area contributed by atoms with Gasteiger partial charge in [-0.3, -0.25) is 0 Å². The Bertz CT molecular complexity index is 244. The van der Waals surface area contributed by atoms with Gasteiger partial charge in [-0.25, -0.2) is 0 Å². The van der Waals surface area contributed by atoms with E-state index in [1.54, 1.807) is 6.07 Å². The summed E-state index contributed by atoms with van der Waals surface area (Å²) in [5.41, 5.74) is 2.03. The van der Waals surface area contributed by atoms with Crippen LogP contribution in [0.1, 0.15) is 30.9 Å². The second kappa shape index (κ2) is 9.45. The molecular weight excluding hydrogens is 205 g/mol. The van der Waals surface area contributed by atoms with Gasteiger partial charge in [-0.15, -0.1) is 0 Å². The molecule has 14 heavy (non-hydrogen) atoms. The first-order valence-corrected chi connectivity index (χ1v) is 4.67. The van der Waals surface area contributed by atoms with Crippen molar-refractivity contribution in [2.45, 2.75) is 33.6 Å². The molecule has 0 aliphatic heterocycles. The summed E-state index contributed by atoms with van der Waals surface area (Å²) in [5, 5.41) is 9.10. The second-order valence-corrected chi connectivity index (χ2v) is 3.14. The van der Waals surface area contributed by atoms with Gasteiger partial charge >= 0.3 is 0 Å². The minimum absolute atomic E-state index is 0. The van der Waals surface area contributed by atoms with E-state index < -0.39 is 0 Å². The number of aromatic hydroxyl groups is 1. The Balaban J connectivity index is 0. The number of benzene rings is 1. The Morgan fingerprint density at radius 1 is 1.29 bits per heavy atom. The minimum Gasteiger partial charge on any atom is -0.508 e. The predicted octanol–water partition coefficient (Wildman–Crippen LogP) is 3.63. The third kappa shape index (κ3) is 7.31.